The largest absolute Gasteiger partial charge is 0.269 e. The zero-order valence-electron chi connectivity index (χ0n) is 9.38. The van der Waals surface area contributed by atoms with Gasteiger partial charge in [0.05, 0.1) is 5.69 Å². The molecule has 0 bridgehead atoms. The summed E-state index contributed by atoms with van der Waals surface area (Å²) in [5.74, 6) is 0.996. The summed E-state index contributed by atoms with van der Waals surface area (Å²) >= 11 is 4.20. The predicted molar refractivity (Wildman–Crippen MR) is 64.1 cm³/mol. The maximum absolute atomic E-state index is 4.50. The van der Waals surface area contributed by atoms with Gasteiger partial charge in [0.1, 0.15) is 0 Å². The number of hydrogen-bond acceptors (Lipinski definition) is 2. The Kier molecular flexibility index (Phi) is 4.52. The van der Waals surface area contributed by atoms with Crippen LogP contribution in [0.15, 0.2) is 0 Å². The minimum absolute atomic E-state index is 0.996. The summed E-state index contributed by atoms with van der Waals surface area (Å²) in [7, 11) is 0. The van der Waals surface area contributed by atoms with E-state index in [9.17, 15) is 0 Å². The Morgan fingerprint density at radius 1 is 1.14 bits per heavy atom. The molecule has 0 aliphatic heterocycles. The van der Waals surface area contributed by atoms with Gasteiger partial charge in [0.2, 0.25) is 0 Å². The van der Waals surface area contributed by atoms with Crippen molar-refractivity contribution in [3.63, 3.8) is 0 Å². The van der Waals surface area contributed by atoms with Crippen molar-refractivity contribution < 1.29 is 0 Å². The Morgan fingerprint density at radius 3 is 2.36 bits per heavy atom. The second kappa shape index (κ2) is 5.44. The van der Waals surface area contributed by atoms with Crippen molar-refractivity contribution in [2.45, 2.75) is 46.6 Å². The molecule has 2 nitrogen and oxygen atoms in total. The molecule has 0 aliphatic carbocycles. The molecule has 0 amide bonds. The van der Waals surface area contributed by atoms with E-state index >= 15 is 0 Å². The third-order valence-corrected chi connectivity index (χ3v) is 3.09. The van der Waals surface area contributed by atoms with Crippen LogP contribution in [0.5, 0.6) is 0 Å². The molecule has 1 aromatic heterocycles. The molecule has 14 heavy (non-hydrogen) atoms. The number of unbranched alkanes of at least 4 members (excludes halogenated alkanes) is 2. The van der Waals surface area contributed by atoms with E-state index in [-0.39, 0.29) is 0 Å². The number of thiol groups is 1. The van der Waals surface area contributed by atoms with Crippen LogP contribution in [0.25, 0.3) is 0 Å². The number of hydrogen-bond donors (Lipinski definition) is 1. The first-order valence-electron chi connectivity index (χ1n) is 5.28. The molecule has 0 atom stereocenters. The van der Waals surface area contributed by atoms with Gasteiger partial charge in [-0.15, -0.1) is 0 Å². The average molecular weight is 212 g/mol. The van der Waals surface area contributed by atoms with Gasteiger partial charge < -0.3 is 0 Å². The van der Waals surface area contributed by atoms with Crippen molar-refractivity contribution in [1.29, 1.82) is 0 Å². The van der Waals surface area contributed by atoms with Gasteiger partial charge in [0.15, 0.2) is 0 Å². The summed E-state index contributed by atoms with van der Waals surface area (Å²) < 4.78 is 2.13. The van der Waals surface area contributed by atoms with Crippen molar-refractivity contribution in [3.05, 3.63) is 17.0 Å². The molecule has 0 saturated heterocycles. The molecular weight excluding hydrogens is 192 g/mol. The highest BCUT2D eigenvalue weighted by Crippen LogP contribution is 2.12. The number of aryl methyl sites for hydroxylation is 2. The van der Waals surface area contributed by atoms with E-state index in [2.05, 4.69) is 43.2 Å². The second-order valence-corrected chi connectivity index (χ2v) is 4.25. The maximum atomic E-state index is 4.50. The van der Waals surface area contributed by atoms with Crippen LogP contribution in [0, 0.1) is 20.8 Å². The quantitative estimate of drug-likeness (QED) is 0.587. The van der Waals surface area contributed by atoms with Gasteiger partial charge in [0.25, 0.3) is 0 Å². The Morgan fingerprint density at radius 2 is 1.86 bits per heavy atom. The van der Waals surface area contributed by atoms with E-state index in [0.29, 0.717) is 0 Å². The third-order valence-electron chi connectivity index (χ3n) is 2.77. The molecule has 0 fully saturated rings. The summed E-state index contributed by atoms with van der Waals surface area (Å²) in [5, 5.41) is 4.50. The van der Waals surface area contributed by atoms with Crippen LogP contribution < -0.4 is 0 Å². The first-order valence-corrected chi connectivity index (χ1v) is 5.91. The van der Waals surface area contributed by atoms with Crippen molar-refractivity contribution in [3.8, 4) is 0 Å². The van der Waals surface area contributed by atoms with E-state index in [1.54, 1.807) is 0 Å². The average Bonchev–Trinajstić information content (AvgIpc) is 2.41. The van der Waals surface area contributed by atoms with E-state index in [1.807, 2.05) is 0 Å². The minimum atomic E-state index is 0.996. The number of aromatic nitrogens is 2. The van der Waals surface area contributed by atoms with Gasteiger partial charge in [0, 0.05) is 12.2 Å². The van der Waals surface area contributed by atoms with Crippen molar-refractivity contribution in [1.82, 2.24) is 9.78 Å². The predicted octanol–water partition coefficient (Wildman–Crippen LogP) is 2.91. The van der Waals surface area contributed by atoms with Crippen LogP contribution in [-0.4, -0.2) is 15.5 Å². The lowest BCUT2D eigenvalue weighted by molar-refractivity contribution is 0.541. The van der Waals surface area contributed by atoms with Gasteiger partial charge in [-0.3, -0.25) is 4.68 Å². The van der Waals surface area contributed by atoms with Crippen molar-refractivity contribution in [2.24, 2.45) is 0 Å². The SMILES string of the molecule is Cc1nn(CCCCCS)c(C)c1C. The Bertz CT molecular complexity index is 292. The molecule has 80 valence electrons. The normalized spacial score (nSPS) is 10.9. The molecule has 0 unspecified atom stereocenters. The summed E-state index contributed by atoms with van der Waals surface area (Å²) in [6, 6.07) is 0. The fraction of sp³-hybridized carbons (Fsp3) is 0.727. The van der Waals surface area contributed by atoms with Crippen molar-refractivity contribution in [2.75, 3.05) is 5.75 Å². The summed E-state index contributed by atoms with van der Waals surface area (Å²) in [5.41, 5.74) is 3.81. The molecule has 0 aliphatic rings. The molecule has 0 radical (unpaired) electrons. The summed E-state index contributed by atoms with van der Waals surface area (Å²) in [4.78, 5) is 0. The van der Waals surface area contributed by atoms with Gasteiger partial charge in [-0.25, -0.2) is 0 Å². The Balaban J connectivity index is 2.47. The third kappa shape index (κ3) is 2.77. The zero-order valence-corrected chi connectivity index (χ0v) is 10.3. The molecule has 1 rings (SSSR count). The first-order chi connectivity index (χ1) is 6.66. The molecule has 3 heteroatoms. The van der Waals surface area contributed by atoms with E-state index < -0.39 is 0 Å². The van der Waals surface area contributed by atoms with Crippen LogP contribution in [0.2, 0.25) is 0 Å². The lowest BCUT2D eigenvalue weighted by Crippen LogP contribution is -2.02. The summed E-state index contributed by atoms with van der Waals surface area (Å²) in [6.07, 6.45) is 3.67. The lowest BCUT2D eigenvalue weighted by Gasteiger charge is -2.03. The topological polar surface area (TPSA) is 17.8 Å². The van der Waals surface area contributed by atoms with E-state index in [1.165, 1.54) is 30.5 Å². The van der Waals surface area contributed by atoms with E-state index in [0.717, 1.165) is 18.0 Å². The maximum Gasteiger partial charge on any atom is 0.0625 e. The Hall–Kier alpha value is -0.440. The molecular formula is C11H20N2S. The highest BCUT2D eigenvalue weighted by molar-refractivity contribution is 7.80. The smallest absolute Gasteiger partial charge is 0.0625 e. The molecule has 0 spiro atoms. The number of rotatable bonds is 5. The second-order valence-electron chi connectivity index (χ2n) is 3.80. The highest BCUT2D eigenvalue weighted by atomic mass is 32.1. The molecule has 0 saturated carbocycles. The highest BCUT2D eigenvalue weighted by Gasteiger charge is 2.05. The molecule has 0 aromatic carbocycles. The fourth-order valence-corrected chi connectivity index (χ4v) is 1.78. The summed E-state index contributed by atoms with van der Waals surface area (Å²) in [6.45, 7) is 7.41. The number of nitrogens with zero attached hydrogens (tertiary/aromatic N) is 2. The van der Waals surface area contributed by atoms with E-state index in [4.69, 9.17) is 0 Å². The zero-order chi connectivity index (χ0) is 10.6. The monoisotopic (exact) mass is 212 g/mol. The minimum Gasteiger partial charge on any atom is -0.269 e. The van der Waals surface area contributed by atoms with Crippen LogP contribution in [-0.2, 0) is 6.54 Å². The van der Waals surface area contributed by atoms with Crippen LogP contribution >= 0.6 is 12.6 Å². The van der Waals surface area contributed by atoms with Gasteiger partial charge in [-0.1, -0.05) is 6.42 Å². The van der Waals surface area contributed by atoms with Crippen molar-refractivity contribution >= 4 is 12.6 Å². The fourth-order valence-electron chi connectivity index (χ4n) is 1.55. The lowest BCUT2D eigenvalue weighted by atomic mass is 10.2. The molecule has 1 heterocycles. The first kappa shape index (κ1) is 11.6. The standard InChI is InChI=1S/C11H20N2S/c1-9-10(2)12-13(11(9)3)7-5-4-6-8-14/h14H,4-8H2,1-3H3. The van der Waals surface area contributed by atoms with Gasteiger partial charge >= 0.3 is 0 Å². The van der Waals surface area contributed by atoms with Crippen LogP contribution in [0.3, 0.4) is 0 Å². The Labute approximate surface area is 92.1 Å². The molecule has 0 N–H and O–H groups in total. The molecule has 1 aromatic rings. The van der Waals surface area contributed by atoms with Gasteiger partial charge in [-0.2, -0.15) is 17.7 Å². The van der Waals surface area contributed by atoms with Crippen LogP contribution in [0.1, 0.15) is 36.2 Å². The van der Waals surface area contributed by atoms with Crippen LogP contribution in [0.4, 0.5) is 0 Å². The van der Waals surface area contributed by atoms with Gasteiger partial charge in [-0.05, 0) is 44.9 Å².